The molecule has 0 fully saturated rings. The Balaban J connectivity index is 2.05. The minimum Gasteiger partial charge on any atom is -0.389 e. The van der Waals surface area contributed by atoms with Gasteiger partial charge in [0.25, 0.3) is 0 Å². The van der Waals surface area contributed by atoms with Crippen LogP contribution < -0.4 is 11.1 Å². The van der Waals surface area contributed by atoms with Crippen LogP contribution in [0.5, 0.6) is 0 Å². The van der Waals surface area contributed by atoms with Crippen molar-refractivity contribution in [2.45, 2.75) is 19.3 Å². The number of hydrogen-bond acceptors (Lipinski definition) is 3. The van der Waals surface area contributed by atoms with Crippen molar-refractivity contribution in [1.82, 2.24) is 4.98 Å². The normalized spacial score (nSPS) is 13.0. The molecule has 3 rings (SSSR count). The summed E-state index contributed by atoms with van der Waals surface area (Å²) in [4.78, 5) is 4.79. The van der Waals surface area contributed by atoms with Crippen LogP contribution in [-0.4, -0.2) is 9.97 Å². The zero-order valence-electron chi connectivity index (χ0n) is 11.1. The molecule has 1 aliphatic carbocycles. The topological polar surface area (TPSA) is 50.9 Å². The second-order valence-corrected chi connectivity index (χ2v) is 5.83. The van der Waals surface area contributed by atoms with E-state index in [-0.39, 0.29) is 10.7 Å². The molecule has 0 radical (unpaired) electrons. The number of halogens is 2. The number of nitrogens with zero attached hydrogens (tertiary/aromatic N) is 1. The van der Waals surface area contributed by atoms with Gasteiger partial charge in [-0.15, -0.1) is 0 Å². The van der Waals surface area contributed by atoms with Gasteiger partial charge in [0.2, 0.25) is 0 Å². The van der Waals surface area contributed by atoms with Crippen LogP contribution in [0.4, 0.5) is 15.9 Å². The Labute approximate surface area is 132 Å². The van der Waals surface area contributed by atoms with Crippen LogP contribution >= 0.6 is 23.8 Å². The maximum absolute atomic E-state index is 13.8. The molecule has 0 aliphatic heterocycles. The Morgan fingerprint density at radius 2 is 2.14 bits per heavy atom. The molecule has 0 spiro atoms. The Bertz CT molecular complexity index is 733. The van der Waals surface area contributed by atoms with E-state index in [9.17, 15) is 4.39 Å². The number of nitrogens with two attached hydrogens (primary N) is 1. The summed E-state index contributed by atoms with van der Waals surface area (Å²) in [6.07, 6.45) is 2.96. The number of aromatic nitrogens is 1. The van der Waals surface area contributed by atoms with Crippen molar-refractivity contribution in [3.63, 3.8) is 0 Å². The van der Waals surface area contributed by atoms with Crippen LogP contribution in [0.3, 0.4) is 0 Å². The first-order chi connectivity index (χ1) is 10.0. The predicted octanol–water partition coefficient (Wildman–Crippen LogP) is 3.74. The maximum atomic E-state index is 13.8. The van der Waals surface area contributed by atoms with Crippen molar-refractivity contribution in [2.24, 2.45) is 5.73 Å². The highest BCUT2D eigenvalue weighted by molar-refractivity contribution is 7.80. The van der Waals surface area contributed by atoms with Crippen LogP contribution in [-0.2, 0) is 12.8 Å². The van der Waals surface area contributed by atoms with Crippen LogP contribution in [0.25, 0.3) is 0 Å². The minimum absolute atomic E-state index is 0.238. The Hall–Kier alpha value is -1.72. The number of benzene rings is 1. The largest absolute Gasteiger partial charge is 0.389 e. The number of anilines is 2. The number of rotatable bonds is 3. The van der Waals surface area contributed by atoms with Gasteiger partial charge in [-0.1, -0.05) is 23.8 Å². The average Bonchev–Trinajstić information content (AvgIpc) is 2.89. The van der Waals surface area contributed by atoms with Crippen molar-refractivity contribution in [1.29, 1.82) is 0 Å². The van der Waals surface area contributed by atoms with Crippen molar-refractivity contribution >= 4 is 40.3 Å². The molecule has 1 aliphatic rings. The van der Waals surface area contributed by atoms with E-state index >= 15 is 0 Å². The molecule has 3 nitrogen and oxygen atoms in total. The molecule has 1 heterocycles. The van der Waals surface area contributed by atoms with Crippen LogP contribution in [0.1, 0.15) is 23.2 Å². The Kier molecular flexibility index (Phi) is 3.78. The molecule has 3 N–H and O–H groups in total. The average molecular weight is 322 g/mol. The minimum atomic E-state index is -0.407. The van der Waals surface area contributed by atoms with Gasteiger partial charge < -0.3 is 11.1 Å². The molecule has 0 bridgehead atoms. The molecule has 1 aromatic carbocycles. The fourth-order valence-electron chi connectivity index (χ4n) is 2.48. The van der Waals surface area contributed by atoms with Crippen molar-refractivity contribution < 1.29 is 4.39 Å². The second-order valence-electron chi connectivity index (χ2n) is 4.96. The predicted molar refractivity (Wildman–Crippen MR) is 86.8 cm³/mol. The first-order valence-corrected chi connectivity index (χ1v) is 7.38. The summed E-state index contributed by atoms with van der Waals surface area (Å²) in [5, 5.41) is 3.40. The summed E-state index contributed by atoms with van der Waals surface area (Å²) < 4.78 is 13.8. The summed E-state index contributed by atoms with van der Waals surface area (Å²) in [5.41, 5.74) is 8.82. The van der Waals surface area contributed by atoms with Crippen molar-refractivity contribution in [2.75, 3.05) is 5.32 Å². The van der Waals surface area contributed by atoms with E-state index in [0.717, 1.165) is 30.5 Å². The van der Waals surface area contributed by atoms with Gasteiger partial charge in [-0.05, 0) is 49.1 Å². The molecule has 0 atom stereocenters. The van der Waals surface area contributed by atoms with E-state index < -0.39 is 5.82 Å². The molecule has 0 amide bonds. The van der Waals surface area contributed by atoms with E-state index in [1.54, 1.807) is 0 Å². The van der Waals surface area contributed by atoms with E-state index in [1.165, 1.54) is 18.2 Å². The molecule has 0 saturated carbocycles. The number of aryl methyl sites for hydroxylation is 2. The first-order valence-electron chi connectivity index (χ1n) is 6.59. The first kappa shape index (κ1) is 14.2. The second kappa shape index (κ2) is 5.58. The zero-order chi connectivity index (χ0) is 15.0. The summed E-state index contributed by atoms with van der Waals surface area (Å²) >= 11 is 11.0. The zero-order valence-corrected chi connectivity index (χ0v) is 12.7. The molecular formula is C15H13ClFN3S. The van der Waals surface area contributed by atoms with Gasteiger partial charge in [-0.2, -0.15) is 0 Å². The third-order valence-electron chi connectivity index (χ3n) is 3.50. The highest BCUT2D eigenvalue weighted by Crippen LogP contribution is 2.29. The van der Waals surface area contributed by atoms with Gasteiger partial charge >= 0.3 is 0 Å². The van der Waals surface area contributed by atoms with Gasteiger partial charge in [-0.3, -0.25) is 0 Å². The lowest BCUT2D eigenvalue weighted by Crippen LogP contribution is -2.14. The lowest BCUT2D eigenvalue weighted by molar-refractivity contribution is 0.632. The lowest BCUT2D eigenvalue weighted by atomic mass is 10.1. The van der Waals surface area contributed by atoms with Crippen molar-refractivity contribution in [3.8, 4) is 0 Å². The van der Waals surface area contributed by atoms with Gasteiger partial charge in [0.05, 0.1) is 11.3 Å². The number of pyridine rings is 1. The summed E-state index contributed by atoms with van der Waals surface area (Å²) in [5.74, 6) is 0.0694. The molecule has 0 unspecified atom stereocenters. The SMILES string of the molecule is NC(=S)c1cc2c(nc1Nc1cc(Cl)ccc1F)CCC2. The van der Waals surface area contributed by atoms with Gasteiger partial charge in [0.1, 0.15) is 16.6 Å². The Morgan fingerprint density at radius 3 is 2.90 bits per heavy atom. The molecule has 108 valence electrons. The lowest BCUT2D eigenvalue weighted by Gasteiger charge is -2.13. The molecule has 6 heteroatoms. The molecule has 21 heavy (non-hydrogen) atoms. The highest BCUT2D eigenvalue weighted by Gasteiger charge is 2.18. The van der Waals surface area contributed by atoms with E-state index in [2.05, 4.69) is 10.3 Å². The van der Waals surface area contributed by atoms with Gasteiger partial charge in [-0.25, -0.2) is 9.37 Å². The smallest absolute Gasteiger partial charge is 0.146 e. The van der Waals surface area contributed by atoms with Crippen molar-refractivity contribution in [3.05, 3.63) is 51.9 Å². The fraction of sp³-hybridized carbons (Fsp3) is 0.200. The molecule has 2 aromatic rings. The molecular weight excluding hydrogens is 309 g/mol. The van der Waals surface area contributed by atoms with Gasteiger partial charge in [0.15, 0.2) is 0 Å². The number of fused-ring (bicyclic) bond motifs is 1. The Morgan fingerprint density at radius 1 is 1.33 bits per heavy atom. The van der Waals surface area contributed by atoms with E-state index in [0.29, 0.717) is 16.4 Å². The van der Waals surface area contributed by atoms with E-state index in [4.69, 9.17) is 29.6 Å². The quantitative estimate of drug-likeness (QED) is 0.846. The van der Waals surface area contributed by atoms with Crippen LogP contribution in [0.15, 0.2) is 24.3 Å². The van der Waals surface area contributed by atoms with Crippen LogP contribution in [0.2, 0.25) is 5.02 Å². The summed E-state index contributed by atoms with van der Waals surface area (Å²) in [6.45, 7) is 0. The fourth-order valence-corrected chi connectivity index (χ4v) is 2.80. The third kappa shape index (κ3) is 2.84. The highest BCUT2D eigenvalue weighted by atomic mass is 35.5. The summed E-state index contributed by atoms with van der Waals surface area (Å²) in [7, 11) is 0. The maximum Gasteiger partial charge on any atom is 0.146 e. The summed E-state index contributed by atoms with van der Waals surface area (Å²) in [6, 6.07) is 6.25. The van der Waals surface area contributed by atoms with Crippen LogP contribution in [0, 0.1) is 5.82 Å². The molecule has 1 aromatic heterocycles. The third-order valence-corrected chi connectivity index (χ3v) is 3.95. The van der Waals surface area contributed by atoms with E-state index in [1.807, 2.05) is 6.07 Å². The number of hydrogen-bond donors (Lipinski definition) is 2. The van der Waals surface area contributed by atoms with Gasteiger partial charge in [0, 0.05) is 10.7 Å². The number of thiocarbonyl (C=S) groups is 1. The molecule has 0 saturated heterocycles. The number of nitrogens with one attached hydrogen (secondary N) is 1. The standard InChI is InChI=1S/C15H13ClFN3S/c16-9-4-5-11(17)13(7-9)20-15-10(14(18)21)6-8-2-1-3-12(8)19-15/h4-7H,1-3H2,(H2,18,21)(H,19,20). The monoisotopic (exact) mass is 321 g/mol.